The zero-order valence-corrected chi connectivity index (χ0v) is 11.8. The quantitative estimate of drug-likeness (QED) is 0.419. The first kappa shape index (κ1) is 35.1. The second kappa shape index (κ2) is 19.1. The van der Waals surface area contributed by atoms with E-state index in [1.165, 1.54) is 0 Å². The van der Waals surface area contributed by atoms with Gasteiger partial charge >= 0.3 is 23.7 Å². The molecule has 0 spiro atoms. The van der Waals surface area contributed by atoms with Crippen LogP contribution in [0.4, 0.5) is 0 Å². The summed E-state index contributed by atoms with van der Waals surface area (Å²) < 4.78 is 0. The van der Waals surface area contributed by atoms with Crippen LogP contribution < -0.4 is 0 Å². The van der Waals surface area contributed by atoms with Gasteiger partial charge in [-0.2, -0.15) is 0 Å². The van der Waals surface area contributed by atoms with Gasteiger partial charge in [0, 0.05) is 19.5 Å². The molecule has 0 aliphatic carbocycles. The van der Waals surface area contributed by atoms with Gasteiger partial charge in [-0.25, -0.2) is 0 Å². The molecular weight excluding hydrogens is 248 g/mol. The van der Waals surface area contributed by atoms with Crippen molar-refractivity contribution in [2.75, 3.05) is 0 Å². The van der Waals surface area contributed by atoms with Crippen molar-refractivity contribution in [3.63, 3.8) is 0 Å². The Balaban J connectivity index is 0. The molecule has 4 heavy (non-hydrogen) atoms. The fourth-order valence-electron chi connectivity index (χ4n) is 0. The van der Waals surface area contributed by atoms with Crippen LogP contribution in [0.2, 0.25) is 0 Å². The smallest absolute Gasteiger partial charge is 0 e. The van der Waals surface area contributed by atoms with Gasteiger partial charge in [-0.1, -0.05) is 0 Å². The fraction of sp³-hybridized carbons (Fsp3) is 0. The summed E-state index contributed by atoms with van der Waals surface area (Å²) in [6.07, 6.45) is 0. The van der Waals surface area contributed by atoms with Crippen LogP contribution in [-0.4, -0.2) is 52.0 Å². The Kier molecular flexibility index (Phi) is 168. The van der Waals surface area contributed by atoms with Gasteiger partial charge in [0.1, 0.15) is 0 Å². The summed E-state index contributed by atoms with van der Waals surface area (Å²) in [7, 11) is 0. The van der Waals surface area contributed by atoms with Gasteiger partial charge in [0.05, 0.1) is 17.4 Å². The Hall–Kier alpha value is 2.16. The van der Waals surface area contributed by atoms with Crippen LogP contribution in [0.1, 0.15) is 0 Å². The third-order valence-corrected chi connectivity index (χ3v) is 0. The number of hydrogen-bond acceptors (Lipinski definition) is 0. The zero-order chi connectivity index (χ0) is 0. The Bertz CT molecular complexity index is 8.00. The Morgan fingerprint density at radius 3 is 1.00 bits per heavy atom. The zero-order valence-electron chi connectivity index (χ0n) is 2.86. The molecule has 0 aromatic rings. The van der Waals surface area contributed by atoms with Crippen molar-refractivity contribution in [1.82, 2.24) is 0 Å². The van der Waals surface area contributed by atoms with E-state index in [9.17, 15) is 0 Å². The molecule has 0 saturated heterocycles. The van der Waals surface area contributed by atoms with Crippen molar-refractivity contribution >= 4 is 52.0 Å². The fourth-order valence-corrected chi connectivity index (χ4v) is 0. The van der Waals surface area contributed by atoms with Crippen molar-refractivity contribution in [1.29, 1.82) is 0 Å². The number of hydrogen-bond donors (Lipinski definition) is 0. The summed E-state index contributed by atoms with van der Waals surface area (Å²) in [5.74, 6) is 0. The normalized spacial score (nSPS) is 0. The van der Waals surface area contributed by atoms with E-state index in [0.29, 0.717) is 0 Å². The molecule has 4 radical (unpaired) electrons. The van der Waals surface area contributed by atoms with Crippen LogP contribution >= 0.6 is 0 Å². The minimum atomic E-state index is 0. The van der Waals surface area contributed by atoms with E-state index in [-0.39, 0.29) is 71.5 Å². The van der Waals surface area contributed by atoms with E-state index < -0.39 is 0 Å². The van der Waals surface area contributed by atoms with Crippen LogP contribution in [0.5, 0.6) is 0 Å². The molecule has 0 unspecified atom stereocenters. The largest absolute Gasteiger partial charge is 0 e. The van der Waals surface area contributed by atoms with Crippen LogP contribution in [-0.2, 0) is 19.5 Å². The summed E-state index contributed by atoms with van der Waals surface area (Å²) in [5.41, 5.74) is 0. The van der Waals surface area contributed by atoms with Crippen molar-refractivity contribution in [3.05, 3.63) is 0 Å². The standard InChI is InChI=1S/Al.H3Si.HTe.Zn.H/h;1H3;1H;;. The molecule has 0 aliphatic heterocycles. The monoisotopic (exact) mass is 254 g/mol. The minimum absolute atomic E-state index is 0. The van der Waals surface area contributed by atoms with Crippen molar-refractivity contribution in [2.45, 2.75) is 0 Å². The first-order valence-electron chi connectivity index (χ1n) is 0. The minimum Gasteiger partial charge on any atom is 0 e. The maximum Gasteiger partial charge on any atom is 0 e. The van der Waals surface area contributed by atoms with Gasteiger partial charge in [0.15, 0.2) is 0 Å². The summed E-state index contributed by atoms with van der Waals surface area (Å²) in [6, 6.07) is 0. The number of rotatable bonds is 0. The molecule has 0 aromatic carbocycles. The third kappa shape index (κ3) is 8.90. The molecule has 0 aliphatic rings. The summed E-state index contributed by atoms with van der Waals surface area (Å²) in [6.45, 7) is 0. The predicted octanol–water partition coefficient (Wildman–Crippen LogP) is -2.48. The molecule has 0 N–H and O–H groups in total. The molecular formula is H5AlSiTeZn. The Labute approximate surface area is 70.7 Å². The van der Waals surface area contributed by atoms with Gasteiger partial charge in [-0.3, -0.25) is 0 Å². The second-order valence-electron chi connectivity index (χ2n) is 0. The van der Waals surface area contributed by atoms with E-state index in [2.05, 4.69) is 0 Å². The van der Waals surface area contributed by atoms with Crippen molar-refractivity contribution < 1.29 is 19.5 Å². The van der Waals surface area contributed by atoms with Crippen LogP contribution in [0.15, 0.2) is 0 Å². The second-order valence-corrected chi connectivity index (χ2v) is 0. The molecule has 0 saturated carbocycles. The Morgan fingerprint density at radius 1 is 1.00 bits per heavy atom. The summed E-state index contributed by atoms with van der Waals surface area (Å²) >= 11 is 0. The molecule has 0 bridgehead atoms. The Morgan fingerprint density at radius 2 is 1.00 bits per heavy atom. The molecule has 0 rings (SSSR count). The maximum absolute atomic E-state index is 0. The van der Waals surface area contributed by atoms with Crippen molar-refractivity contribution in [2.24, 2.45) is 0 Å². The molecule has 0 fully saturated rings. The summed E-state index contributed by atoms with van der Waals surface area (Å²) in [4.78, 5) is 0. The maximum atomic E-state index is 0. The average molecular weight is 253 g/mol. The van der Waals surface area contributed by atoms with E-state index in [1.54, 1.807) is 0 Å². The van der Waals surface area contributed by atoms with Gasteiger partial charge in [-0.15, -0.1) is 0 Å². The van der Waals surface area contributed by atoms with E-state index in [4.69, 9.17) is 0 Å². The van der Waals surface area contributed by atoms with E-state index >= 15 is 0 Å². The predicted molar refractivity (Wildman–Crippen MR) is 24.2 cm³/mol. The van der Waals surface area contributed by atoms with Gasteiger partial charge in [-0.05, 0) is 11.0 Å². The van der Waals surface area contributed by atoms with Crippen LogP contribution in [0, 0.1) is 0 Å². The van der Waals surface area contributed by atoms with Gasteiger partial charge in [0.25, 0.3) is 0 Å². The molecule has 0 atom stereocenters. The van der Waals surface area contributed by atoms with Crippen LogP contribution in [0.3, 0.4) is 0 Å². The molecule has 0 amide bonds. The van der Waals surface area contributed by atoms with E-state index in [1.807, 2.05) is 0 Å². The molecule has 0 heterocycles. The molecule has 0 nitrogen and oxygen atoms in total. The van der Waals surface area contributed by atoms with Crippen LogP contribution in [0.25, 0.3) is 0 Å². The topological polar surface area (TPSA) is 0 Å². The first-order chi connectivity index (χ1) is 0. The van der Waals surface area contributed by atoms with Gasteiger partial charge < -0.3 is 0 Å². The summed E-state index contributed by atoms with van der Waals surface area (Å²) in [5, 5.41) is 0. The van der Waals surface area contributed by atoms with Crippen molar-refractivity contribution in [3.8, 4) is 0 Å². The third-order valence-electron chi connectivity index (χ3n) is 0. The molecule has 4 heteroatoms. The average Bonchev–Trinajstić information content (AvgIpc) is 0. The first-order valence-corrected chi connectivity index (χ1v) is 0. The SMILES string of the molecule is [AlH].[SiH3].[TeH].[Zn]. The molecule has 0 aromatic heterocycles. The van der Waals surface area contributed by atoms with Gasteiger partial charge in [0.2, 0.25) is 0 Å². The van der Waals surface area contributed by atoms with E-state index in [0.717, 1.165) is 0 Å². The molecule has 20 valence electrons.